The molecule has 0 N–H and O–H groups in total. The van der Waals surface area contributed by atoms with Gasteiger partial charge in [-0.3, -0.25) is 0 Å². The van der Waals surface area contributed by atoms with Gasteiger partial charge in [0.15, 0.2) is 0 Å². The number of rotatable bonds is 3. The Labute approximate surface area is 96.7 Å². The largest absolute Gasteiger partial charge is 0.465 e. The Morgan fingerprint density at radius 1 is 1.67 bits per heavy atom. The molecular weight excluding hydrogens is 230 g/mol. The topological polar surface area (TPSA) is 29.5 Å². The normalized spacial score (nSPS) is 15.3. The van der Waals surface area contributed by atoms with Crippen LogP contribution in [0.1, 0.15) is 4.88 Å². The first kappa shape index (κ1) is 10.6. The average Bonchev–Trinajstić information content (AvgIpc) is 2.88. The van der Waals surface area contributed by atoms with E-state index in [1.165, 1.54) is 23.7 Å². The standard InChI is InChI=1S/C10H11NO2S2/c1-13-10(12)9-6-11(7-15-9)5-8-3-2-4-14-8/h2-4,6H,5,7H2,1H3. The summed E-state index contributed by atoms with van der Waals surface area (Å²) in [6.45, 7) is 0.866. The number of carbonyl (C=O) groups excluding carboxylic acids is 1. The van der Waals surface area contributed by atoms with Crippen molar-refractivity contribution in [3.05, 3.63) is 33.5 Å². The van der Waals surface area contributed by atoms with Gasteiger partial charge in [0.05, 0.1) is 19.5 Å². The fraction of sp³-hybridized carbons (Fsp3) is 0.300. The molecule has 0 fully saturated rings. The lowest BCUT2D eigenvalue weighted by atomic mass is 10.4. The van der Waals surface area contributed by atoms with Crippen LogP contribution in [0.2, 0.25) is 0 Å². The predicted molar refractivity (Wildman–Crippen MR) is 62.4 cm³/mol. The zero-order valence-electron chi connectivity index (χ0n) is 8.30. The van der Waals surface area contributed by atoms with Crippen LogP contribution in [0.5, 0.6) is 0 Å². The van der Waals surface area contributed by atoms with E-state index in [-0.39, 0.29) is 5.97 Å². The highest BCUT2D eigenvalue weighted by molar-refractivity contribution is 8.04. The Balaban J connectivity index is 1.97. The van der Waals surface area contributed by atoms with E-state index in [4.69, 9.17) is 0 Å². The van der Waals surface area contributed by atoms with Crippen molar-refractivity contribution >= 4 is 29.1 Å². The number of methoxy groups -OCH3 is 1. The molecule has 2 heterocycles. The van der Waals surface area contributed by atoms with Crippen LogP contribution in [0, 0.1) is 0 Å². The highest BCUT2D eigenvalue weighted by Crippen LogP contribution is 2.28. The summed E-state index contributed by atoms with van der Waals surface area (Å²) in [5.41, 5.74) is 0. The molecule has 0 amide bonds. The number of thioether (sulfide) groups is 1. The van der Waals surface area contributed by atoms with Crippen molar-refractivity contribution in [2.24, 2.45) is 0 Å². The zero-order chi connectivity index (χ0) is 10.7. The fourth-order valence-electron chi connectivity index (χ4n) is 1.30. The zero-order valence-corrected chi connectivity index (χ0v) is 9.94. The molecule has 5 heteroatoms. The summed E-state index contributed by atoms with van der Waals surface area (Å²) in [4.78, 5) is 15.3. The summed E-state index contributed by atoms with van der Waals surface area (Å²) >= 11 is 3.25. The predicted octanol–water partition coefficient (Wildman–Crippen LogP) is 2.27. The molecule has 1 aromatic rings. The van der Waals surface area contributed by atoms with Gasteiger partial charge in [-0.05, 0) is 11.4 Å². The second kappa shape index (κ2) is 4.72. The van der Waals surface area contributed by atoms with E-state index >= 15 is 0 Å². The smallest absolute Gasteiger partial charge is 0.345 e. The third-order valence-corrected chi connectivity index (χ3v) is 3.92. The molecule has 0 unspecified atom stereocenters. The molecule has 0 saturated heterocycles. The molecule has 1 aliphatic heterocycles. The SMILES string of the molecule is COC(=O)C1=CN(Cc2cccs2)CS1. The highest BCUT2D eigenvalue weighted by Gasteiger charge is 2.19. The van der Waals surface area contributed by atoms with Crippen molar-refractivity contribution in [3.63, 3.8) is 0 Å². The number of thiophene rings is 1. The summed E-state index contributed by atoms with van der Waals surface area (Å²) < 4.78 is 4.67. The number of carbonyl (C=O) groups is 1. The van der Waals surface area contributed by atoms with Crippen LogP contribution in [0.4, 0.5) is 0 Å². The number of ether oxygens (including phenoxy) is 1. The molecule has 2 rings (SSSR count). The first-order valence-electron chi connectivity index (χ1n) is 4.49. The third kappa shape index (κ3) is 2.54. The molecule has 3 nitrogen and oxygen atoms in total. The maximum atomic E-state index is 11.2. The van der Waals surface area contributed by atoms with E-state index in [0.29, 0.717) is 4.91 Å². The molecule has 0 atom stereocenters. The molecule has 0 radical (unpaired) electrons. The second-order valence-corrected chi connectivity index (χ2v) is 5.10. The second-order valence-electron chi connectivity index (χ2n) is 3.08. The van der Waals surface area contributed by atoms with Crippen molar-refractivity contribution in [1.29, 1.82) is 0 Å². The van der Waals surface area contributed by atoms with Crippen LogP contribution in [0.15, 0.2) is 28.6 Å². The lowest BCUT2D eigenvalue weighted by molar-refractivity contribution is -0.135. The first-order chi connectivity index (χ1) is 7.29. The van der Waals surface area contributed by atoms with Crippen LogP contribution < -0.4 is 0 Å². The van der Waals surface area contributed by atoms with Crippen LogP contribution >= 0.6 is 23.1 Å². The number of nitrogens with zero attached hydrogens (tertiary/aromatic N) is 1. The van der Waals surface area contributed by atoms with Crippen LogP contribution in [0.3, 0.4) is 0 Å². The summed E-state index contributed by atoms with van der Waals surface area (Å²) in [6, 6.07) is 4.13. The molecule has 0 aliphatic carbocycles. The monoisotopic (exact) mass is 241 g/mol. The minimum atomic E-state index is -0.242. The lowest BCUT2D eigenvalue weighted by Crippen LogP contribution is -2.11. The molecule has 0 spiro atoms. The Morgan fingerprint density at radius 2 is 2.53 bits per heavy atom. The Morgan fingerprint density at radius 3 is 3.20 bits per heavy atom. The van der Waals surface area contributed by atoms with E-state index in [2.05, 4.69) is 21.1 Å². The quantitative estimate of drug-likeness (QED) is 0.759. The lowest BCUT2D eigenvalue weighted by Gasteiger charge is -2.11. The molecule has 15 heavy (non-hydrogen) atoms. The molecule has 0 saturated carbocycles. The molecule has 0 bridgehead atoms. The summed E-state index contributed by atoms with van der Waals surface area (Å²) in [5, 5.41) is 2.06. The van der Waals surface area contributed by atoms with E-state index in [9.17, 15) is 4.79 Å². The van der Waals surface area contributed by atoms with Gasteiger partial charge in [0.25, 0.3) is 0 Å². The van der Waals surface area contributed by atoms with Gasteiger partial charge in [-0.1, -0.05) is 17.8 Å². The summed E-state index contributed by atoms with van der Waals surface area (Å²) in [6.07, 6.45) is 1.87. The van der Waals surface area contributed by atoms with Gasteiger partial charge in [0, 0.05) is 11.1 Å². The molecule has 1 aliphatic rings. The van der Waals surface area contributed by atoms with Crippen molar-refractivity contribution in [2.75, 3.05) is 13.0 Å². The number of esters is 1. The van der Waals surface area contributed by atoms with Crippen molar-refractivity contribution in [3.8, 4) is 0 Å². The minimum absolute atomic E-state index is 0.242. The average molecular weight is 241 g/mol. The van der Waals surface area contributed by atoms with Gasteiger partial charge in [-0.2, -0.15) is 0 Å². The molecule has 1 aromatic heterocycles. The van der Waals surface area contributed by atoms with E-state index < -0.39 is 0 Å². The van der Waals surface area contributed by atoms with Gasteiger partial charge < -0.3 is 9.64 Å². The van der Waals surface area contributed by atoms with E-state index in [1.54, 1.807) is 11.3 Å². The maximum Gasteiger partial charge on any atom is 0.345 e. The van der Waals surface area contributed by atoms with Crippen LogP contribution in [0.25, 0.3) is 0 Å². The number of hydrogen-bond acceptors (Lipinski definition) is 5. The highest BCUT2D eigenvalue weighted by atomic mass is 32.2. The molecule has 80 valence electrons. The van der Waals surface area contributed by atoms with Crippen molar-refractivity contribution in [2.45, 2.75) is 6.54 Å². The molecular formula is C10H11NO2S2. The summed E-state index contributed by atoms with van der Waals surface area (Å²) in [7, 11) is 1.41. The van der Waals surface area contributed by atoms with Gasteiger partial charge in [0.2, 0.25) is 0 Å². The summed E-state index contributed by atoms with van der Waals surface area (Å²) in [5.74, 6) is 0.580. The van der Waals surface area contributed by atoms with Crippen LogP contribution in [-0.2, 0) is 16.1 Å². The minimum Gasteiger partial charge on any atom is -0.465 e. The van der Waals surface area contributed by atoms with Gasteiger partial charge in [-0.15, -0.1) is 11.3 Å². The van der Waals surface area contributed by atoms with Crippen molar-refractivity contribution in [1.82, 2.24) is 4.90 Å². The van der Waals surface area contributed by atoms with Gasteiger partial charge in [0.1, 0.15) is 4.91 Å². The Hall–Kier alpha value is -0.940. The van der Waals surface area contributed by atoms with Crippen LogP contribution in [-0.4, -0.2) is 23.9 Å². The third-order valence-electron chi connectivity index (χ3n) is 2.01. The fourth-order valence-corrected chi connectivity index (χ4v) is 2.92. The Kier molecular flexibility index (Phi) is 3.33. The Bertz CT molecular complexity index is 373. The van der Waals surface area contributed by atoms with Gasteiger partial charge in [-0.25, -0.2) is 4.79 Å². The van der Waals surface area contributed by atoms with Crippen molar-refractivity contribution < 1.29 is 9.53 Å². The number of hydrogen-bond donors (Lipinski definition) is 0. The molecule has 0 aromatic carbocycles. The van der Waals surface area contributed by atoms with E-state index in [1.807, 2.05) is 12.3 Å². The maximum absolute atomic E-state index is 11.2. The van der Waals surface area contributed by atoms with E-state index in [0.717, 1.165) is 12.4 Å². The first-order valence-corrected chi connectivity index (χ1v) is 6.35. The van der Waals surface area contributed by atoms with Gasteiger partial charge >= 0.3 is 5.97 Å².